The van der Waals surface area contributed by atoms with E-state index in [1.54, 1.807) is 6.92 Å². The first-order chi connectivity index (χ1) is 9.02. The van der Waals surface area contributed by atoms with Crippen LogP contribution in [0.2, 0.25) is 5.02 Å². The molecule has 106 valence electrons. The van der Waals surface area contributed by atoms with E-state index in [2.05, 4.69) is 11.8 Å². The van der Waals surface area contributed by atoms with Crippen molar-refractivity contribution in [3.8, 4) is 0 Å². The van der Waals surface area contributed by atoms with Gasteiger partial charge in [0.1, 0.15) is 0 Å². The van der Waals surface area contributed by atoms with Gasteiger partial charge in [-0.1, -0.05) is 17.7 Å². The summed E-state index contributed by atoms with van der Waals surface area (Å²) in [6.45, 7) is 5.01. The van der Waals surface area contributed by atoms with Gasteiger partial charge >= 0.3 is 0 Å². The molecule has 4 nitrogen and oxygen atoms in total. The van der Waals surface area contributed by atoms with Gasteiger partial charge < -0.3 is 19.8 Å². The summed E-state index contributed by atoms with van der Waals surface area (Å²) in [6, 6.07) is 5.89. The summed E-state index contributed by atoms with van der Waals surface area (Å²) >= 11 is 6.19. The highest BCUT2D eigenvalue weighted by molar-refractivity contribution is 6.31. The zero-order valence-electron chi connectivity index (χ0n) is 11.2. The van der Waals surface area contributed by atoms with Crippen molar-refractivity contribution in [3.63, 3.8) is 0 Å². The molecule has 1 aliphatic heterocycles. The van der Waals surface area contributed by atoms with Crippen molar-refractivity contribution >= 4 is 17.3 Å². The van der Waals surface area contributed by atoms with Crippen LogP contribution < -0.4 is 4.90 Å². The maximum atomic E-state index is 9.59. The quantitative estimate of drug-likeness (QED) is 0.892. The van der Waals surface area contributed by atoms with Crippen LogP contribution >= 0.6 is 11.6 Å². The van der Waals surface area contributed by atoms with Crippen LogP contribution in [0.3, 0.4) is 0 Å². The molecule has 0 radical (unpaired) electrons. The van der Waals surface area contributed by atoms with Crippen molar-refractivity contribution in [2.24, 2.45) is 0 Å². The highest BCUT2D eigenvalue weighted by Gasteiger charge is 2.26. The number of hydrogen-bond donors (Lipinski definition) is 2. The zero-order valence-corrected chi connectivity index (χ0v) is 12.0. The predicted octanol–water partition coefficient (Wildman–Crippen LogP) is 1.98. The summed E-state index contributed by atoms with van der Waals surface area (Å²) < 4.78 is 5.52. The number of ether oxygens (including phenoxy) is 1. The first-order valence-electron chi connectivity index (χ1n) is 6.49. The molecular weight excluding hydrogens is 266 g/mol. The minimum absolute atomic E-state index is 0.0166. The van der Waals surface area contributed by atoms with E-state index in [0.717, 1.165) is 11.3 Å². The molecule has 0 aliphatic carbocycles. The first kappa shape index (κ1) is 14.6. The molecule has 5 heteroatoms. The van der Waals surface area contributed by atoms with E-state index in [1.165, 1.54) is 0 Å². The molecule has 19 heavy (non-hydrogen) atoms. The minimum atomic E-state index is -0.575. The van der Waals surface area contributed by atoms with E-state index in [9.17, 15) is 10.2 Å². The molecule has 2 N–H and O–H groups in total. The molecule has 0 saturated carbocycles. The third kappa shape index (κ3) is 3.20. The van der Waals surface area contributed by atoms with E-state index in [0.29, 0.717) is 18.2 Å². The maximum absolute atomic E-state index is 9.59. The summed E-state index contributed by atoms with van der Waals surface area (Å²) in [5.74, 6) is 0. The summed E-state index contributed by atoms with van der Waals surface area (Å²) in [7, 11) is 0. The predicted molar refractivity (Wildman–Crippen MR) is 75.7 cm³/mol. The number of hydrogen-bond acceptors (Lipinski definition) is 4. The van der Waals surface area contributed by atoms with Crippen LogP contribution in [0.25, 0.3) is 0 Å². The van der Waals surface area contributed by atoms with Crippen molar-refractivity contribution in [1.82, 2.24) is 0 Å². The van der Waals surface area contributed by atoms with E-state index in [-0.39, 0.29) is 18.8 Å². The Bertz CT molecular complexity index is 439. The SMILES string of the molecule is CC(O)c1ccc(N2CC(CO)OCC2C)cc1Cl. The van der Waals surface area contributed by atoms with Crippen LogP contribution in [-0.4, -0.2) is 42.1 Å². The molecule has 1 saturated heterocycles. The Labute approximate surface area is 118 Å². The first-order valence-corrected chi connectivity index (χ1v) is 6.87. The smallest absolute Gasteiger partial charge is 0.0981 e. The number of morpholine rings is 1. The lowest BCUT2D eigenvalue weighted by molar-refractivity contribution is -0.0103. The van der Waals surface area contributed by atoms with Crippen molar-refractivity contribution < 1.29 is 14.9 Å². The Morgan fingerprint density at radius 1 is 1.53 bits per heavy atom. The van der Waals surface area contributed by atoms with Crippen molar-refractivity contribution in [1.29, 1.82) is 0 Å². The van der Waals surface area contributed by atoms with Crippen LogP contribution in [-0.2, 0) is 4.74 Å². The fourth-order valence-electron chi connectivity index (χ4n) is 2.32. The van der Waals surface area contributed by atoms with E-state index >= 15 is 0 Å². The van der Waals surface area contributed by atoms with E-state index in [4.69, 9.17) is 16.3 Å². The summed E-state index contributed by atoms with van der Waals surface area (Å²) in [6.07, 6.45) is -0.736. The van der Waals surface area contributed by atoms with Gasteiger partial charge in [0.05, 0.1) is 25.4 Å². The average Bonchev–Trinajstić information content (AvgIpc) is 2.38. The molecule has 3 unspecified atom stereocenters. The van der Waals surface area contributed by atoms with Gasteiger partial charge in [-0.3, -0.25) is 0 Å². The van der Waals surface area contributed by atoms with Crippen molar-refractivity contribution in [2.75, 3.05) is 24.7 Å². The second-order valence-electron chi connectivity index (χ2n) is 5.02. The van der Waals surface area contributed by atoms with Crippen LogP contribution in [0.15, 0.2) is 18.2 Å². The summed E-state index contributed by atoms with van der Waals surface area (Å²) in [4.78, 5) is 2.17. The van der Waals surface area contributed by atoms with Crippen molar-refractivity contribution in [2.45, 2.75) is 32.1 Å². The molecule has 0 bridgehead atoms. The monoisotopic (exact) mass is 285 g/mol. The molecule has 2 rings (SSSR count). The van der Waals surface area contributed by atoms with Crippen LogP contribution in [0, 0.1) is 0 Å². The average molecular weight is 286 g/mol. The van der Waals surface area contributed by atoms with Crippen molar-refractivity contribution in [3.05, 3.63) is 28.8 Å². The molecule has 1 aromatic rings. The van der Waals surface area contributed by atoms with Crippen LogP contribution in [0.5, 0.6) is 0 Å². The second-order valence-corrected chi connectivity index (χ2v) is 5.43. The van der Waals surface area contributed by atoms with Gasteiger partial charge in [-0.05, 0) is 31.5 Å². The lowest BCUT2D eigenvalue weighted by atomic mass is 10.1. The largest absolute Gasteiger partial charge is 0.394 e. The normalized spacial score (nSPS) is 25.4. The third-order valence-electron chi connectivity index (χ3n) is 3.47. The molecule has 1 heterocycles. The van der Waals surface area contributed by atoms with Crippen LogP contribution in [0.4, 0.5) is 5.69 Å². The fraction of sp³-hybridized carbons (Fsp3) is 0.571. The molecule has 1 aliphatic rings. The topological polar surface area (TPSA) is 52.9 Å². The number of anilines is 1. The van der Waals surface area contributed by atoms with Gasteiger partial charge in [0.2, 0.25) is 0 Å². The van der Waals surface area contributed by atoms with Gasteiger partial charge in [0, 0.05) is 23.3 Å². The molecule has 0 aromatic heterocycles. The Kier molecular flexibility index (Phi) is 4.68. The highest BCUT2D eigenvalue weighted by atomic mass is 35.5. The fourth-order valence-corrected chi connectivity index (χ4v) is 2.65. The highest BCUT2D eigenvalue weighted by Crippen LogP contribution is 2.30. The van der Waals surface area contributed by atoms with E-state index < -0.39 is 6.10 Å². The van der Waals surface area contributed by atoms with Gasteiger partial charge in [-0.2, -0.15) is 0 Å². The summed E-state index contributed by atoms with van der Waals surface area (Å²) in [5, 5.41) is 19.4. The zero-order chi connectivity index (χ0) is 14.0. The molecule has 1 aromatic carbocycles. The molecule has 0 amide bonds. The Balaban J connectivity index is 2.23. The lowest BCUT2D eigenvalue weighted by Gasteiger charge is -2.39. The standard InChI is InChI=1S/C14H20ClNO3/c1-9-8-19-12(7-17)6-16(9)11-3-4-13(10(2)18)14(15)5-11/h3-5,9-10,12,17-18H,6-8H2,1-2H3. The number of aliphatic hydroxyl groups excluding tert-OH is 2. The minimum Gasteiger partial charge on any atom is -0.394 e. The molecule has 1 fully saturated rings. The number of rotatable bonds is 3. The Morgan fingerprint density at radius 3 is 2.84 bits per heavy atom. The summed E-state index contributed by atoms with van der Waals surface area (Å²) in [5.41, 5.74) is 1.72. The Hall–Kier alpha value is -0.810. The number of aliphatic hydroxyl groups is 2. The number of halogens is 1. The maximum Gasteiger partial charge on any atom is 0.0981 e. The molecule has 3 atom stereocenters. The van der Waals surface area contributed by atoms with Crippen LogP contribution in [0.1, 0.15) is 25.5 Å². The Morgan fingerprint density at radius 2 is 2.26 bits per heavy atom. The van der Waals surface area contributed by atoms with Gasteiger partial charge in [0.15, 0.2) is 0 Å². The number of benzene rings is 1. The molecular formula is C14H20ClNO3. The number of nitrogens with zero attached hydrogens (tertiary/aromatic N) is 1. The second kappa shape index (κ2) is 6.09. The van der Waals surface area contributed by atoms with E-state index in [1.807, 2.05) is 18.2 Å². The third-order valence-corrected chi connectivity index (χ3v) is 3.80. The lowest BCUT2D eigenvalue weighted by Crippen LogP contribution is -2.49. The molecule has 0 spiro atoms. The van der Waals surface area contributed by atoms with Gasteiger partial charge in [-0.15, -0.1) is 0 Å². The van der Waals surface area contributed by atoms with Gasteiger partial charge in [-0.25, -0.2) is 0 Å². The van der Waals surface area contributed by atoms with Gasteiger partial charge in [0.25, 0.3) is 0 Å².